The molecule has 0 aliphatic rings. The Morgan fingerprint density at radius 2 is 2.25 bits per heavy atom. The number of hydrogen-bond acceptors (Lipinski definition) is 1. The van der Waals surface area contributed by atoms with E-state index in [1.165, 1.54) is 0 Å². The van der Waals surface area contributed by atoms with Gasteiger partial charge in [-0.2, -0.15) is 0 Å². The summed E-state index contributed by atoms with van der Waals surface area (Å²) in [7, 11) is 0. The highest BCUT2D eigenvalue weighted by atomic mass is 16.5. The molecule has 12 heavy (non-hydrogen) atoms. The quantitative estimate of drug-likeness (QED) is 0.619. The molecular weight excluding hydrogens is 148 g/mol. The number of allylic oxidation sites excluding steroid dienone is 1. The molecule has 0 saturated carbocycles. The maximum atomic E-state index is 5.28. The lowest BCUT2D eigenvalue weighted by molar-refractivity contribution is 0.474. The van der Waals surface area contributed by atoms with Crippen LogP contribution in [0.3, 0.4) is 0 Å². The number of ether oxygens (including phenoxy) is 1. The number of rotatable bonds is 3. The molecule has 0 aliphatic carbocycles. The van der Waals surface area contributed by atoms with Crippen molar-refractivity contribution in [2.24, 2.45) is 5.92 Å². The van der Waals surface area contributed by atoms with E-state index in [9.17, 15) is 0 Å². The van der Waals surface area contributed by atoms with Crippen molar-refractivity contribution in [1.82, 2.24) is 0 Å². The van der Waals surface area contributed by atoms with Crippen LogP contribution in [-0.2, 0) is 0 Å². The lowest BCUT2D eigenvalue weighted by atomic mass is 10.2. The molecule has 0 bridgehead atoms. The maximum absolute atomic E-state index is 5.28. The number of para-hydroxylation sites is 1. The zero-order valence-corrected chi connectivity index (χ0v) is 7.45. The van der Waals surface area contributed by atoms with Crippen molar-refractivity contribution in [3.05, 3.63) is 42.7 Å². The first-order valence-corrected chi connectivity index (χ1v) is 4.09. The summed E-state index contributed by atoms with van der Waals surface area (Å²) in [6.45, 7) is 4.21. The van der Waals surface area contributed by atoms with Gasteiger partial charge in [0.25, 0.3) is 0 Å². The molecule has 0 spiro atoms. The average molecular weight is 161 g/mol. The molecule has 1 radical (unpaired) electrons. The number of benzene rings is 1. The minimum absolute atomic E-state index is 0.522. The summed E-state index contributed by atoms with van der Waals surface area (Å²) in [6.07, 6.45) is 3.71. The van der Waals surface area contributed by atoms with Gasteiger partial charge in [0.2, 0.25) is 0 Å². The summed E-state index contributed by atoms with van der Waals surface area (Å²) in [5.41, 5.74) is 0. The van der Waals surface area contributed by atoms with E-state index in [1.54, 1.807) is 6.26 Å². The van der Waals surface area contributed by atoms with Gasteiger partial charge in [0.05, 0.1) is 6.26 Å². The molecule has 1 aromatic rings. The molecule has 0 unspecified atom stereocenters. The van der Waals surface area contributed by atoms with Crippen LogP contribution in [0.15, 0.2) is 36.6 Å². The average Bonchev–Trinajstić information content (AvgIpc) is 2.05. The Hall–Kier alpha value is -1.24. The summed E-state index contributed by atoms with van der Waals surface area (Å²) in [5, 5.41) is 0. The lowest BCUT2D eigenvalue weighted by Gasteiger charge is -1.98. The third kappa shape index (κ3) is 3.24. The summed E-state index contributed by atoms with van der Waals surface area (Å²) in [4.78, 5) is 0. The summed E-state index contributed by atoms with van der Waals surface area (Å²) < 4.78 is 5.28. The van der Waals surface area contributed by atoms with Crippen LogP contribution in [-0.4, -0.2) is 0 Å². The molecule has 1 rings (SSSR count). The van der Waals surface area contributed by atoms with E-state index in [0.29, 0.717) is 5.92 Å². The van der Waals surface area contributed by atoms with Gasteiger partial charge in [-0.3, -0.25) is 0 Å². The van der Waals surface area contributed by atoms with Crippen LogP contribution in [0, 0.1) is 12.0 Å². The first kappa shape index (κ1) is 8.85. The second kappa shape index (κ2) is 4.60. The zero-order chi connectivity index (χ0) is 8.81. The minimum atomic E-state index is 0.522. The highest BCUT2D eigenvalue weighted by Gasteiger charge is 1.87. The molecule has 1 aromatic carbocycles. The van der Waals surface area contributed by atoms with Gasteiger partial charge in [0.1, 0.15) is 5.75 Å². The topological polar surface area (TPSA) is 9.23 Å². The lowest BCUT2D eigenvalue weighted by Crippen LogP contribution is -1.84. The molecule has 1 heteroatoms. The van der Waals surface area contributed by atoms with Gasteiger partial charge in [-0.15, -0.1) is 0 Å². The standard InChI is InChI=1S/C11H13O/c1-10(2)8-9-12-11-6-4-3-5-7-11/h3-6,8-10H,1-2H3/b9-8+. The van der Waals surface area contributed by atoms with E-state index in [2.05, 4.69) is 19.9 Å². The van der Waals surface area contributed by atoms with Crippen molar-refractivity contribution in [2.75, 3.05) is 0 Å². The largest absolute Gasteiger partial charge is 0.465 e. The summed E-state index contributed by atoms with van der Waals surface area (Å²) >= 11 is 0. The van der Waals surface area contributed by atoms with Crippen LogP contribution in [0.2, 0.25) is 0 Å². The fraction of sp³-hybridized carbons (Fsp3) is 0.273. The molecule has 0 heterocycles. The Morgan fingerprint density at radius 1 is 1.42 bits per heavy atom. The van der Waals surface area contributed by atoms with E-state index >= 15 is 0 Å². The molecule has 0 amide bonds. The van der Waals surface area contributed by atoms with Gasteiger partial charge in [0, 0.05) is 6.07 Å². The Labute approximate surface area is 73.7 Å². The van der Waals surface area contributed by atoms with E-state index in [4.69, 9.17) is 4.74 Å². The maximum Gasteiger partial charge on any atom is 0.134 e. The van der Waals surface area contributed by atoms with Crippen LogP contribution in [0.5, 0.6) is 5.75 Å². The van der Waals surface area contributed by atoms with Gasteiger partial charge in [-0.1, -0.05) is 32.0 Å². The van der Waals surface area contributed by atoms with E-state index in [0.717, 1.165) is 5.75 Å². The molecule has 0 N–H and O–H groups in total. The van der Waals surface area contributed by atoms with Gasteiger partial charge >= 0.3 is 0 Å². The minimum Gasteiger partial charge on any atom is -0.465 e. The predicted molar refractivity (Wildman–Crippen MR) is 49.9 cm³/mol. The molecule has 0 atom stereocenters. The van der Waals surface area contributed by atoms with Crippen molar-refractivity contribution in [2.45, 2.75) is 13.8 Å². The normalized spacial score (nSPS) is 10.9. The van der Waals surface area contributed by atoms with Crippen LogP contribution in [0.4, 0.5) is 0 Å². The van der Waals surface area contributed by atoms with E-state index < -0.39 is 0 Å². The fourth-order valence-corrected chi connectivity index (χ4v) is 0.720. The van der Waals surface area contributed by atoms with Crippen LogP contribution in [0.1, 0.15) is 13.8 Å². The Bertz CT molecular complexity index is 236. The Kier molecular flexibility index (Phi) is 3.39. The molecule has 0 saturated heterocycles. The monoisotopic (exact) mass is 161 g/mol. The number of hydrogen-bond donors (Lipinski definition) is 0. The third-order valence-corrected chi connectivity index (χ3v) is 1.34. The summed E-state index contributed by atoms with van der Waals surface area (Å²) in [6, 6.07) is 10.5. The summed E-state index contributed by atoms with van der Waals surface area (Å²) in [5.74, 6) is 1.28. The first-order chi connectivity index (χ1) is 5.79. The van der Waals surface area contributed by atoms with E-state index in [1.807, 2.05) is 30.3 Å². The molecule has 0 fully saturated rings. The molecular formula is C11H13O. The van der Waals surface area contributed by atoms with Crippen molar-refractivity contribution in [3.63, 3.8) is 0 Å². The molecule has 0 aromatic heterocycles. The molecule has 0 aliphatic heterocycles. The van der Waals surface area contributed by atoms with E-state index in [-0.39, 0.29) is 0 Å². The van der Waals surface area contributed by atoms with Gasteiger partial charge in [-0.05, 0) is 18.1 Å². The predicted octanol–water partition coefficient (Wildman–Crippen LogP) is 3.04. The highest BCUT2D eigenvalue weighted by Crippen LogP contribution is 2.07. The Balaban J connectivity index is 2.43. The van der Waals surface area contributed by atoms with Gasteiger partial charge < -0.3 is 4.74 Å². The highest BCUT2D eigenvalue weighted by molar-refractivity contribution is 5.20. The van der Waals surface area contributed by atoms with Crippen LogP contribution in [0.25, 0.3) is 0 Å². The van der Waals surface area contributed by atoms with Gasteiger partial charge in [-0.25, -0.2) is 0 Å². The zero-order valence-electron chi connectivity index (χ0n) is 7.45. The van der Waals surface area contributed by atoms with Crippen molar-refractivity contribution >= 4 is 0 Å². The molecule has 63 valence electrons. The van der Waals surface area contributed by atoms with Gasteiger partial charge in [0.15, 0.2) is 0 Å². The Morgan fingerprint density at radius 3 is 2.83 bits per heavy atom. The van der Waals surface area contributed by atoms with Crippen molar-refractivity contribution in [3.8, 4) is 5.75 Å². The van der Waals surface area contributed by atoms with Crippen LogP contribution < -0.4 is 4.74 Å². The molecule has 1 nitrogen and oxygen atoms in total. The SMILES string of the molecule is CC(C)/C=C/Oc1[c]cccc1. The second-order valence-electron chi connectivity index (χ2n) is 2.92. The van der Waals surface area contributed by atoms with Crippen molar-refractivity contribution < 1.29 is 4.74 Å². The van der Waals surface area contributed by atoms with Crippen LogP contribution >= 0.6 is 0 Å². The smallest absolute Gasteiger partial charge is 0.134 e. The third-order valence-electron chi connectivity index (χ3n) is 1.34. The first-order valence-electron chi connectivity index (χ1n) is 4.09. The fourth-order valence-electron chi connectivity index (χ4n) is 0.720. The second-order valence-corrected chi connectivity index (χ2v) is 2.92. The van der Waals surface area contributed by atoms with Crippen molar-refractivity contribution in [1.29, 1.82) is 0 Å².